The highest BCUT2D eigenvalue weighted by Crippen LogP contribution is 2.59. The lowest BCUT2D eigenvalue weighted by Gasteiger charge is -2.44. The van der Waals surface area contributed by atoms with Crippen LogP contribution in [0.1, 0.15) is 91.9 Å². The zero-order valence-corrected chi connectivity index (χ0v) is 19.3. The molecule has 0 heterocycles. The molecule has 3 saturated carbocycles. The van der Waals surface area contributed by atoms with Gasteiger partial charge in [0.1, 0.15) is 0 Å². The van der Waals surface area contributed by atoms with Gasteiger partial charge in [-0.15, -0.1) is 0 Å². The van der Waals surface area contributed by atoms with E-state index < -0.39 is 12.2 Å². The van der Waals surface area contributed by atoms with Gasteiger partial charge in [0.2, 0.25) is 0 Å². The molecule has 0 radical (unpaired) electrons. The smallest absolute Gasteiger partial charge is 0.0811 e. The van der Waals surface area contributed by atoms with Gasteiger partial charge in [0.15, 0.2) is 0 Å². The second-order valence-corrected chi connectivity index (χ2v) is 11.0. The Morgan fingerprint density at radius 2 is 1.90 bits per heavy atom. The Hall–Kier alpha value is -0.860. The fraction of sp³-hybridized carbons (Fsp3) is 0.778. The number of rotatable bonds is 6. The highest BCUT2D eigenvalue weighted by molar-refractivity contribution is 5.38. The van der Waals surface area contributed by atoms with Crippen LogP contribution in [0, 0.1) is 29.1 Å². The Labute approximate surface area is 179 Å². The number of aliphatic hydroxyl groups is 2. The molecule has 3 aliphatic rings. The molecule has 2 heteroatoms. The Morgan fingerprint density at radius 1 is 1.14 bits per heavy atom. The van der Waals surface area contributed by atoms with Crippen molar-refractivity contribution in [2.24, 2.45) is 29.1 Å². The van der Waals surface area contributed by atoms with Gasteiger partial charge in [0.05, 0.1) is 12.2 Å². The van der Waals surface area contributed by atoms with Crippen LogP contribution in [0.4, 0.5) is 0 Å². The maximum Gasteiger partial charge on any atom is 0.0811 e. The summed E-state index contributed by atoms with van der Waals surface area (Å²) in [5.41, 5.74) is 3.88. The first-order valence-corrected chi connectivity index (χ1v) is 12.2. The second-order valence-electron chi connectivity index (χ2n) is 11.0. The average molecular weight is 401 g/mol. The zero-order chi connectivity index (χ0) is 21.2. The highest BCUT2D eigenvalue weighted by Gasteiger charge is 2.50. The molecule has 2 N–H and O–H groups in total. The molecular formula is C27H44O2. The van der Waals surface area contributed by atoms with Crippen molar-refractivity contribution in [3.63, 3.8) is 0 Å². The monoisotopic (exact) mass is 400 g/mol. The molecule has 0 aromatic carbocycles. The van der Waals surface area contributed by atoms with E-state index in [2.05, 4.69) is 46.4 Å². The SMILES string of the molecule is C=C1C(=CC=C2CCC[C@]3(C)C2CC[C@@H]3[C@H](C)CCCC(C)C)C[C@H](O)C[C@H]1O. The van der Waals surface area contributed by atoms with Crippen LogP contribution in [0.15, 0.2) is 35.5 Å². The second kappa shape index (κ2) is 9.52. The van der Waals surface area contributed by atoms with Gasteiger partial charge in [-0.05, 0) is 78.8 Å². The van der Waals surface area contributed by atoms with E-state index in [1.165, 1.54) is 51.4 Å². The predicted molar refractivity (Wildman–Crippen MR) is 123 cm³/mol. The summed E-state index contributed by atoms with van der Waals surface area (Å²) in [5, 5.41) is 20.2. The van der Waals surface area contributed by atoms with Gasteiger partial charge in [-0.3, -0.25) is 0 Å². The summed E-state index contributed by atoms with van der Waals surface area (Å²) in [5.74, 6) is 3.20. The van der Waals surface area contributed by atoms with E-state index in [1.54, 1.807) is 5.57 Å². The van der Waals surface area contributed by atoms with Crippen molar-refractivity contribution < 1.29 is 10.2 Å². The van der Waals surface area contributed by atoms with Crippen molar-refractivity contribution in [3.8, 4) is 0 Å². The summed E-state index contributed by atoms with van der Waals surface area (Å²) in [4.78, 5) is 0. The van der Waals surface area contributed by atoms with Crippen molar-refractivity contribution in [1.29, 1.82) is 0 Å². The first-order valence-electron chi connectivity index (χ1n) is 12.2. The summed E-state index contributed by atoms with van der Waals surface area (Å²) in [6, 6.07) is 0. The fourth-order valence-corrected chi connectivity index (χ4v) is 6.73. The van der Waals surface area contributed by atoms with E-state index in [0.29, 0.717) is 24.2 Å². The number of hydrogen-bond acceptors (Lipinski definition) is 2. The molecule has 1 unspecified atom stereocenters. The highest BCUT2D eigenvalue weighted by atomic mass is 16.3. The van der Waals surface area contributed by atoms with Crippen LogP contribution in [-0.2, 0) is 0 Å². The van der Waals surface area contributed by atoms with Gasteiger partial charge in [-0.2, -0.15) is 0 Å². The third-order valence-corrected chi connectivity index (χ3v) is 8.43. The van der Waals surface area contributed by atoms with Crippen LogP contribution < -0.4 is 0 Å². The van der Waals surface area contributed by atoms with Gasteiger partial charge in [-0.25, -0.2) is 0 Å². The molecule has 0 aromatic rings. The van der Waals surface area contributed by atoms with Crippen LogP contribution in [0.3, 0.4) is 0 Å². The molecule has 0 bridgehead atoms. The van der Waals surface area contributed by atoms with Crippen LogP contribution in [0.2, 0.25) is 0 Å². The molecule has 0 saturated heterocycles. The minimum absolute atomic E-state index is 0.420. The Bertz CT molecular complexity index is 643. The third kappa shape index (κ3) is 5.07. The standard InChI is InChI=1S/C27H44O2/c1-18(2)8-6-9-19(3)24-13-14-25-21(10-7-15-27(24,25)5)11-12-22-16-23(28)17-26(29)20(22)4/h11-12,18-19,23-26,28-29H,4,6-10,13-17H2,1-3,5H3/t19-,23+,24-,25?,26-,27+/m1/s1. The molecular weight excluding hydrogens is 356 g/mol. The largest absolute Gasteiger partial charge is 0.393 e. The third-order valence-electron chi connectivity index (χ3n) is 8.43. The number of allylic oxidation sites excluding steroid dienone is 3. The summed E-state index contributed by atoms with van der Waals surface area (Å²) in [6.07, 6.45) is 15.2. The maximum absolute atomic E-state index is 10.1. The van der Waals surface area contributed by atoms with E-state index in [9.17, 15) is 10.2 Å². The lowest BCUT2D eigenvalue weighted by molar-refractivity contribution is 0.0861. The first-order chi connectivity index (χ1) is 13.7. The maximum atomic E-state index is 10.1. The van der Waals surface area contributed by atoms with Crippen LogP contribution in [0.5, 0.6) is 0 Å². The topological polar surface area (TPSA) is 40.5 Å². The molecule has 2 nitrogen and oxygen atoms in total. The molecule has 3 rings (SSSR count). The molecule has 0 amide bonds. The van der Waals surface area contributed by atoms with E-state index in [1.807, 2.05) is 0 Å². The molecule has 6 atom stereocenters. The van der Waals surface area contributed by atoms with E-state index >= 15 is 0 Å². The van der Waals surface area contributed by atoms with Gasteiger partial charge in [0, 0.05) is 6.42 Å². The number of aliphatic hydroxyl groups excluding tert-OH is 2. The Kier molecular flexibility index (Phi) is 7.49. The van der Waals surface area contributed by atoms with Gasteiger partial charge in [-0.1, -0.05) is 71.3 Å². The average Bonchev–Trinajstić information content (AvgIpc) is 3.00. The quantitative estimate of drug-likeness (QED) is 0.528. The zero-order valence-electron chi connectivity index (χ0n) is 19.3. The molecule has 0 aromatic heterocycles. The summed E-state index contributed by atoms with van der Waals surface area (Å²) >= 11 is 0. The molecule has 29 heavy (non-hydrogen) atoms. The van der Waals surface area contributed by atoms with Crippen molar-refractivity contribution >= 4 is 0 Å². The lowest BCUT2D eigenvalue weighted by atomic mass is 9.60. The summed E-state index contributed by atoms with van der Waals surface area (Å²) in [6.45, 7) is 13.8. The van der Waals surface area contributed by atoms with Crippen LogP contribution >= 0.6 is 0 Å². The summed E-state index contributed by atoms with van der Waals surface area (Å²) < 4.78 is 0. The number of hydrogen-bond donors (Lipinski definition) is 2. The molecule has 3 fully saturated rings. The minimum Gasteiger partial charge on any atom is -0.393 e. The van der Waals surface area contributed by atoms with Crippen LogP contribution in [0.25, 0.3) is 0 Å². The van der Waals surface area contributed by atoms with E-state index in [0.717, 1.165) is 28.9 Å². The van der Waals surface area contributed by atoms with E-state index in [4.69, 9.17) is 0 Å². The fourth-order valence-electron chi connectivity index (χ4n) is 6.73. The molecule has 3 aliphatic carbocycles. The summed E-state index contributed by atoms with van der Waals surface area (Å²) in [7, 11) is 0. The molecule has 0 aliphatic heterocycles. The minimum atomic E-state index is -0.595. The van der Waals surface area contributed by atoms with E-state index in [-0.39, 0.29) is 0 Å². The predicted octanol–water partition coefficient (Wildman–Crippen LogP) is 6.59. The van der Waals surface area contributed by atoms with Crippen molar-refractivity contribution in [2.45, 2.75) is 104 Å². The first kappa shape index (κ1) is 22.8. The Balaban J connectivity index is 1.71. The molecule has 0 spiro atoms. The van der Waals surface area contributed by atoms with Crippen molar-refractivity contribution in [1.82, 2.24) is 0 Å². The Morgan fingerprint density at radius 3 is 2.62 bits per heavy atom. The van der Waals surface area contributed by atoms with Crippen molar-refractivity contribution in [3.05, 3.63) is 35.5 Å². The number of fused-ring (bicyclic) bond motifs is 1. The van der Waals surface area contributed by atoms with Crippen molar-refractivity contribution in [2.75, 3.05) is 0 Å². The lowest BCUT2D eigenvalue weighted by Crippen LogP contribution is -2.36. The van der Waals surface area contributed by atoms with Gasteiger partial charge >= 0.3 is 0 Å². The van der Waals surface area contributed by atoms with Crippen LogP contribution in [-0.4, -0.2) is 22.4 Å². The van der Waals surface area contributed by atoms with Gasteiger partial charge in [0.25, 0.3) is 0 Å². The normalized spacial score (nSPS) is 39.3. The van der Waals surface area contributed by atoms with Gasteiger partial charge < -0.3 is 10.2 Å². The molecule has 164 valence electrons.